The number of nitrogens with zero attached hydrogens (tertiary/aromatic N) is 2. The van der Waals surface area contributed by atoms with E-state index in [1.54, 1.807) is 56.3 Å². The van der Waals surface area contributed by atoms with Gasteiger partial charge < -0.3 is 15.0 Å². The Kier molecular flexibility index (Phi) is 9.30. The van der Waals surface area contributed by atoms with Gasteiger partial charge in [-0.1, -0.05) is 54.6 Å². The molecule has 0 fully saturated rings. The fourth-order valence-corrected chi connectivity index (χ4v) is 5.39. The predicted molar refractivity (Wildman–Crippen MR) is 144 cm³/mol. The van der Waals surface area contributed by atoms with Crippen molar-refractivity contribution in [3.05, 3.63) is 90.0 Å². The van der Waals surface area contributed by atoms with Crippen LogP contribution >= 0.6 is 0 Å². The van der Waals surface area contributed by atoms with Gasteiger partial charge in [-0.15, -0.1) is 0 Å². The monoisotopic (exact) mass is 523 g/mol. The van der Waals surface area contributed by atoms with Gasteiger partial charge in [0, 0.05) is 13.1 Å². The lowest BCUT2D eigenvalue weighted by molar-refractivity contribution is -0.139. The number of hydrogen-bond donors (Lipinski definition) is 1. The molecular formula is C28H33N3O5S. The number of para-hydroxylation sites is 2. The van der Waals surface area contributed by atoms with E-state index in [9.17, 15) is 18.0 Å². The van der Waals surface area contributed by atoms with Gasteiger partial charge in [-0.05, 0) is 56.2 Å². The molecule has 1 N–H and O–H groups in total. The molecular weight excluding hydrogens is 490 g/mol. The smallest absolute Gasteiger partial charge is 0.264 e. The molecule has 196 valence electrons. The third-order valence-electron chi connectivity index (χ3n) is 6.08. The van der Waals surface area contributed by atoms with Crippen LogP contribution in [0.1, 0.15) is 25.0 Å². The summed E-state index contributed by atoms with van der Waals surface area (Å²) in [6.07, 6.45) is 0. The summed E-state index contributed by atoms with van der Waals surface area (Å²) in [6.45, 7) is 5.40. The number of benzene rings is 3. The fourth-order valence-electron chi connectivity index (χ4n) is 3.94. The van der Waals surface area contributed by atoms with Gasteiger partial charge in [0.15, 0.2) is 0 Å². The van der Waals surface area contributed by atoms with Crippen LogP contribution in [0.4, 0.5) is 5.69 Å². The molecule has 3 aromatic carbocycles. The molecule has 0 unspecified atom stereocenters. The second-order valence-electron chi connectivity index (χ2n) is 8.52. The van der Waals surface area contributed by atoms with Crippen molar-refractivity contribution in [2.24, 2.45) is 0 Å². The van der Waals surface area contributed by atoms with E-state index in [0.717, 1.165) is 15.4 Å². The first-order chi connectivity index (χ1) is 17.7. The van der Waals surface area contributed by atoms with Crippen LogP contribution in [-0.2, 0) is 26.2 Å². The average Bonchev–Trinajstić information content (AvgIpc) is 2.91. The summed E-state index contributed by atoms with van der Waals surface area (Å²) in [7, 11) is -2.71. The van der Waals surface area contributed by atoms with Gasteiger partial charge in [-0.25, -0.2) is 8.42 Å². The third kappa shape index (κ3) is 6.48. The maximum absolute atomic E-state index is 13.9. The highest BCUT2D eigenvalue weighted by Gasteiger charge is 2.33. The summed E-state index contributed by atoms with van der Waals surface area (Å²) in [5.41, 5.74) is 2.05. The normalized spacial score (nSPS) is 11.9. The highest BCUT2D eigenvalue weighted by molar-refractivity contribution is 7.92. The lowest BCUT2D eigenvalue weighted by Crippen LogP contribution is -2.51. The van der Waals surface area contributed by atoms with Crippen molar-refractivity contribution >= 4 is 27.5 Å². The number of amides is 2. The Balaban J connectivity index is 2.07. The summed E-state index contributed by atoms with van der Waals surface area (Å²) in [6, 6.07) is 21.3. The van der Waals surface area contributed by atoms with Crippen LogP contribution in [0.25, 0.3) is 0 Å². The van der Waals surface area contributed by atoms with Crippen molar-refractivity contribution in [3.63, 3.8) is 0 Å². The highest BCUT2D eigenvalue weighted by atomic mass is 32.2. The number of aryl methyl sites for hydroxylation is 1. The van der Waals surface area contributed by atoms with Gasteiger partial charge in [0.05, 0.1) is 17.7 Å². The predicted octanol–water partition coefficient (Wildman–Crippen LogP) is 3.75. The molecule has 3 aromatic rings. The molecule has 3 rings (SSSR count). The molecule has 8 nitrogen and oxygen atoms in total. The second kappa shape index (κ2) is 12.4. The molecule has 0 aromatic heterocycles. The van der Waals surface area contributed by atoms with E-state index >= 15 is 0 Å². The highest BCUT2D eigenvalue weighted by Crippen LogP contribution is 2.32. The van der Waals surface area contributed by atoms with Gasteiger partial charge in [0.25, 0.3) is 10.0 Å². The zero-order chi connectivity index (χ0) is 27.0. The van der Waals surface area contributed by atoms with Crippen molar-refractivity contribution in [1.29, 1.82) is 0 Å². The summed E-state index contributed by atoms with van der Waals surface area (Å²) in [5, 5.41) is 2.76. The van der Waals surface area contributed by atoms with Crippen molar-refractivity contribution in [1.82, 2.24) is 10.2 Å². The van der Waals surface area contributed by atoms with Crippen LogP contribution in [0.5, 0.6) is 5.75 Å². The van der Waals surface area contributed by atoms with Gasteiger partial charge in [-0.2, -0.15) is 0 Å². The molecule has 2 amide bonds. The number of methoxy groups -OCH3 is 1. The van der Waals surface area contributed by atoms with Crippen LogP contribution in [0.2, 0.25) is 0 Å². The number of rotatable bonds is 11. The molecule has 0 bridgehead atoms. The topological polar surface area (TPSA) is 96.0 Å². The second-order valence-corrected chi connectivity index (χ2v) is 10.4. The fraction of sp³-hybridized carbons (Fsp3) is 0.286. The van der Waals surface area contributed by atoms with Crippen LogP contribution in [0, 0.1) is 6.92 Å². The molecule has 37 heavy (non-hydrogen) atoms. The third-order valence-corrected chi connectivity index (χ3v) is 7.86. The quantitative estimate of drug-likeness (QED) is 0.413. The van der Waals surface area contributed by atoms with E-state index in [0.29, 0.717) is 12.3 Å². The van der Waals surface area contributed by atoms with Gasteiger partial charge in [-0.3, -0.25) is 13.9 Å². The first-order valence-corrected chi connectivity index (χ1v) is 13.5. The van der Waals surface area contributed by atoms with Crippen LogP contribution < -0.4 is 14.4 Å². The van der Waals surface area contributed by atoms with Crippen LogP contribution in [0.3, 0.4) is 0 Å². The van der Waals surface area contributed by atoms with Crippen LogP contribution in [0.15, 0.2) is 83.8 Å². The average molecular weight is 524 g/mol. The number of likely N-dealkylation sites (N-methyl/N-ethyl adjacent to an activating group) is 1. The Morgan fingerprint density at radius 2 is 1.57 bits per heavy atom. The molecule has 0 spiro atoms. The van der Waals surface area contributed by atoms with Gasteiger partial charge >= 0.3 is 0 Å². The minimum Gasteiger partial charge on any atom is -0.495 e. The standard InChI is InChI=1S/C28H33N3O5S/c1-5-29-28(33)22(3)30(19-23-14-10-9-13-21(23)2)27(32)20-31(25-17-11-12-18-26(25)36-4)37(34,35)24-15-7-6-8-16-24/h6-18,22H,5,19-20H2,1-4H3,(H,29,33)/t22-/m1/s1. The number of sulfonamides is 1. The Morgan fingerprint density at radius 3 is 2.22 bits per heavy atom. The van der Waals surface area contributed by atoms with E-state index in [2.05, 4.69) is 5.32 Å². The lowest BCUT2D eigenvalue weighted by Gasteiger charge is -2.32. The Labute approximate surface area is 218 Å². The molecule has 0 aliphatic carbocycles. The summed E-state index contributed by atoms with van der Waals surface area (Å²) in [4.78, 5) is 28.1. The van der Waals surface area contributed by atoms with Crippen molar-refractivity contribution in [3.8, 4) is 5.75 Å². The van der Waals surface area contributed by atoms with E-state index in [1.165, 1.54) is 24.1 Å². The van der Waals surface area contributed by atoms with Crippen molar-refractivity contribution < 1.29 is 22.7 Å². The molecule has 0 radical (unpaired) electrons. The van der Waals surface area contributed by atoms with Crippen molar-refractivity contribution in [2.45, 2.75) is 38.3 Å². The Morgan fingerprint density at radius 1 is 0.946 bits per heavy atom. The van der Waals surface area contributed by atoms with E-state index in [4.69, 9.17) is 4.74 Å². The molecule has 0 heterocycles. The lowest BCUT2D eigenvalue weighted by atomic mass is 10.1. The maximum atomic E-state index is 13.9. The number of ether oxygens (including phenoxy) is 1. The zero-order valence-corrected chi connectivity index (χ0v) is 22.4. The number of anilines is 1. The largest absolute Gasteiger partial charge is 0.495 e. The number of hydrogen-bond acceptors (Lipinski definition) is 5. The van der Waals surface area contributed by atoms with E-state index in [1.807, 2.05) is 31.2 Å². The first-order valence-electron chi connectivity index (χ1n) is 12.0. The number of carbonyl (C=O) groups is 2. The first kappa shape index (κ1) is 27.7. The van der Waals surface area contributed by atoms with Crippen molar-refractivity contribution in [2.75, 3.05) is 24.5 Å². The SMILES string of the molecule is CCNC(=O)[C@@H](C)N(Cc1ccccc1C)C(=O)CN(c1ccccc1OC)S(=O)(=O)c1ccccc1. The molecule has 0 saturated heterocycles. The summed E-state index contributed by atoms with van der Waals surface area (Å²) >= 11 is 0. The number of nitrogens with one attached hydrogen (secondary N) is 1. The summed E-state index contributed by atoms with van der Waals surface area (Å²) in [5.74, 6) is -0.538. The van der Waals surface area contributed by atoms with E-state index in [-0.39, 0.29) is 23.0 Å². The maximum Gasteiger partial charge on any atom is 0.264 e. The van der Waals surface area contributed by atoms with Crippen LogP contribution in [-0.4, -0.2) is 51.4 Å². The minimum atomic E-state index is -4.15. The molecule has 1 atom stereocenters. The molecule has 0 aliphatic rings. The molecule has 9 heteroatoms. The van der Waals surface area contributed by atoms with E-state index < -0.39 is 28.5 Å². The van der Waals surface area contributed by atoms with Gasteiger partial charge in [0.1, 0.15) is 18.3 Å². The minimum absolute atomic E-state index is 0.0379. The Hall–Kier alpha value is -3.85. The zero-order valence-electron chi connectivity index (χ0n) is 21.5. The van der Waals surface area contributed by atoms with Gasteiger partial charge in [0.2, 0.25) is 11.8 Å². The Bertz CT molecular complexity index is 1330. The number of carbonyl (C=O) groups excluding carboxylic acids is 2. The molecule has 0 aliphatic heterocycles. The summed E-state index contributed by atoms with van der Waals surface area (Å²) < 4.78 is 34.1. The molecule has 0 saturated carbocycles.